The monoisotopic (exact) mass is 396 g/mol. The van der Waals surface area contributed by atoms with E-state index in [9.17, 15) is 9.59 Å². The zero-order valence-corrected chi connectivity index (χ0v) is 17.6. The van der Waals surface area contributed by atoms with Gasteiger partial charge in [-0.05, 0) is 47.9 Å². The average molecular weight is 396 g/mol. The molecule has 0 heterocycles. The number of allylic oxidation sites excluding steroid dienone is 1. The highest BCUT2D eigenvalue weighted by Gasteiger charge is 2.15. The minimum atomic E-state index is -0.140. The standard InChI is InChI=1S/C23H28N2O4/c1-16(26)24-12-11-18-14-22(28-4)23(29-5)15-20(18)21(27)10-9-17-7-6-8-19(13-17)25(2)3/h6-10,13-15H,11-12H2,1-5H3,(H,24,26). The Morgan fingerprint density at radius 2 is 1.76 bits per heavy atom. The lowest BCUT2D eigenvalue weighted by molar-refractivity contribution is -0.118. The van der Waals surface area contributed by atoms with Crippen LogP contribution in [0.2, 0.25) is 0 Å². The van der Waals surface area contributed by atoms with Crippen molar-refractivity contribution in [1.29, 1.82) is 0 Å². The summed E-state index contributed by atoms with van der Waals surface area (Å²) in [7, 11) is 7.03. The Balaban J connectivity index is 2.33. The molecule has 0 saturated heterocycles. The van der Waals surface area contributed by atoms with E-state index >= 15 is 0 Å². The van der Waals surface area contributed by atoms with Crippen LogP contribution in [0.1, 0.15) is 28.4 Å². The van der Waals surface area contributed by atoms with E-state index in [4.69, 9.17) is 9.47 Å². The molecule has 6 heteroatoms. The van der Waals surface area contributed by atoms with Crippen LogP contribution in [0.3, 0.4) is 0 Å². The van der Waals surface area contributed by atoms with E-state index in [0.29, 0.717) is 30.0 Å². The summed E-state index contributed by atoms with van der Waals surface area (Å²) in [6.07, 6.45) is 3.85. The van der Waals surface area contributed by atoms with Gasteiger partial charge in [-0.2, -0.15) is 0 Å². The Hall–Kier alpha value is -3.28. The van der Waals surface area contributed by atoms with E-state index in [2.05, 4.69) is 5.32 Å². The van der Waals surface area contributed by atoms with Gasteiger partial charge in [0.1, 0.15) is 0 Å². The van der Waals surface area contributed by atoms with Gasteiger partial charge in [0.05, 0.1) is 14.2 Å². The number of anilines is 1. The van der Waals surface area contributed by atoms with Crippen molar-refractivity contribution < 1.29 is 19.1 Å². The van der Waals surface area contributed by atoms with Crippen LogP contribution in [-0.4, -0.2) is 46.6 Å². The molecule has 29 heavy (non-hydrogen) atoms. The lowest BCUT2D eigenvalue weighted by Gasteiger charge is -2.14. The molecule has 0 fully saturated rings. The largest absolute Gasteiger partial charge is 0.493 e. The molecular weight excluding hydrogens is 368 g/mol. The molecule has 2 rings (SSSR count). The number of amides is 1. The summed E-state index contributed by atoms with van der Waals surface area (Å²) in [5.74, 6) is 0.782. The summed E-state index contributed by atoms with van der Waals surface area (Å²) in [5, 5.41) is 2.76. The summed E-state index contributed by atoms with van der Waals surface area (Å²) in [5.41, 5.74) is 3.30. The van der Waals surface area contributed by atoms with Crippen molar-refractivity contribution >= 4 is 23.5 Å². The third-order valence-corrected chi connectivity index (χ3v) is 4.46. The van der Waals surface area contributed by atoms with Crippen molar-refractivity contribution in [3.05, 3.63) is 59.2 Å². The van der Waals surface area contributed by atoms with Gasteiger partial charge in [-0.15, -0.1) is 0 Å². The zero-order valence-electron chi connectivity index (χ0n) is 17.6. The van der Waals surface area contributed by atoms with Crippen molar-refractivity contribution in [3.8, 4) is 11.5 Å². The number of carbonyl (C=O) groups is 2. The molecule has 1 amide bonds. The van der Waals surface area contributed by atoms with Crippen LogP contribution >= 0.6 is 0 Å². The second-order valence-corrected chi connectivity index (χ2v) is 6.78. The summed E-state index contributed by atoms with van der Waals surface area (Å²) in [6.45, 7) is 1.89. The predicted molar refractivity (Wildman–Crippen MR) is 116 cm³/mol. The van der Waals surface area contributed by atoms with Crippen LogP contribution in [0, 0.1) is 0 Å². The average Bonchev–Trinajstić information content (AvgIpc) is 2.71. The minimum Gasteiger partial charge on any atom is -0.493 e. The first-order valence-electron chi connectivity index (χ1n) is 9.34. The fourth-order valence-corrected chi connectivity index (χ4v) is 2.90. The second-order valence-electron chi connectivity index (χ2n) is 6.78. The van der Waals surface area contributed by atoms with Crippen molar-refractivity contribution in [2.24, 2.45) is 0 Å². The second kappa shape index (κ2) is 10.3. The number of ether oxygens (including phenoxy) is 2. The summed E-state index contributed by atoms with van der Waals surface area (Å²) in [6, 6.07) is 11.4. The third kappa shape index (κ3) is 6.10. The molecule has 154 valence electrons. The molecule has 0 bridgehead atoms. The number of benzene rings is 2. The van der Waals surface area contributed by atoms with Gasteiger partial charge >= 0.3 is 0 Å². The number of nitrogens with zero attached hydrogens (tertiary/aromatic N) is 1. The number of ketones is 1. The van der Waals surface area contributed by atoms with E-state index in [-0.39, 0.29) is 11.7 Å². The van der Waals surface area contributed by atoms with Gasteiger partial charge in [0.2, 0.25) is 5.91 Å². The van der Waals surface area contributed by atoms with Gasteiger partial charge < -0.3 is 19.7 Å². The first-order valence-corrected chi connectivity index (χ1v) is 9.34. The molecule has 6 nitrogen and oxygen atoms in total. The molecule has 0 aliphatic heterocycles. The molecule has 0 spiro atoms. The van der Waals surface area contributed by atoms with Crippen molar-refractivity contribution in [2.75, 3.05) is 39.8 Å². The Labute approximate surface area is 172 Å². The molecule has 0 saturated carbocycles. The molecule has 0 aromatic heterocycles. The van der Waals surface area contributed by atoms with Crippen molar-refractivity contribution in [3.63, 3.8) is 0 Å². The highest BCUT2D eigenvalue weighted by Crippen LogP contribution is 2.31. The SMILES string of the molecule is COc1cc(CCNC(C)=O)c(C(=O)C=Cc2cccc(N(C)C)c2)cc1OC. The smallest absolute Gasteiger partial charge is 0.216 e. The number of carbonyl (C=O) groups excluding carboxylic acids is 2. The van der Waals surface area contributed by atoms with Gasteiger partial charge in [-0.1, -0.05) is 18.2 Å². The van der Waals surface area contributed by atoms with Crippen LogP contribution in [0.15, 0.2) is 42.5 Å². The first kappa shape index (κ1) is 22.0. The molecule has 0 atom stereocenters. The van der Waals surface area contributed by atoms with Gasteiger partial charge in [-0.25, -0.2) is 0 Å². The highest BCUT2D eigenvalue weighted by molar-refractivity contribution is 6.08. The predicted octanol–water partition coefficient (Wildman–Crippen LogP) is 3.34. The highest BCUT2D eigenvalue weighted by atomic mass is 16.5. The molecule has 2 aromatic rings. The Kier molecular flexibility index (Phi) is 7.83. The van der Waals surface area contributed by atoms with Gasteiger partial charge in [0.15, 0.2) is 17.3 Å². The fourth-order valence-electron chi connectivity index (χ4n) is 2.90. The number of rotatable bonds is 9. The molecule has 0 aliphatic rings. The summed E-state index contributed by atoms with van der Waals surface area (Å²) >= 11 is 0. The van der Waals surface area contributed by atoms with Crippen molar-refractivity contribution in [2.45, 2.75) is 13.3 Å². The third-order valence-electron chi connectivity index (χ3n) is 4.46. The lowest BCUT2D eigenvalue weighted by Crippen LogP contribution is -2.23. The van der Waals surface area contributed by atoms with Crippen LogP contribution in [0.4, 0.5) is 5.69 Å². The Morgan fingerprint density at radius 1 is 1.07 bits per heavy atom. The van der Waals surface area contributed by atoms with Crippen LogP contribution in [0.5, 0.6) is 11.5 Å². The summed E-state index contributed by atoms with van der Waals surface area (Å²) < 4.78 is 10.7. The first-order chi connectivity index (χ1) is 13.8. The van der Waals surface area contributed by atoms with Crippen LogP contribution in [-0.2, 0) is 11.2 Å². The zero-order chi connectivity index (χ0) is 21.4. The molecule has 0 radical (unpaired) electrons. The lowest BCUT2D eigenvalue weighted by atomic mass is 9.99. The van der Waals surface area contributed by atoms with Gasteiger partial charge in [-0.3, -0.25) is 9.59 Å². The maximum Gasteiger partial charge on any atom is 0.216 e. The number of methoxy groups -OCH3 is 2. The maximum absolute atomic E-state index is 12.9. The molecular formula is C23H28N2O4. The number of nitrogens with one attached hydrogen (secondary N) is 1. The number of hydrogen-bond donors (Lipinski definition) is 1. The number of hydrogen-bond acceptors (Lipinski definition) is 5. The van der Waals surface area contributed by atoms with E-state index in [1.807, 2.05) is 43.3 Å². The van der Waals surface area contributed by atoms with E-state index in [0.717, 1.165) is 16.8 Å². The van der Waals surface area contributed by atoms with Crippen LogP contribution < -0.4 is 19.7 Å². The Morgan fingerprint density at radius 3 is 2.38 bits per heavy atom. The maximum atomic E-state index is 12.9. The van der Waals surface area contributed by atoms with Gasteiger partial charge in [0.25, 0.3) is 0 Å². The van der Waals surface area contributed by atoms with Crippen LogP contribution in [0.25, 0.3) is 6.08 Å². The normalized spacial score (nSPS) is 10.7. The van der Waals surface area contributed by atoms with E-state index < -0.39 is 0 Å². The van der Waals surface area contributed by atoms with Gasteiger partial charge in [0, 0.05) is 38.8 Å². The van der Waals surface area contributed by atoms with Crippen molar-refractivity contribution in [1.82, 2.24) is 5.32 Å². The quantitative estimate of drug-likeness (QED) is 0.520. The minimum absolute atomic E-state index is 0.112. The Bertz CT molecular complexity index is 904. The van der Waals surface area contributed by atoms with E-state index in [1.54, 1.807) is 31.4 Å². The molecule has 0 unspecified atom stereocenters. The molecule has 2 aromatic carbocycles. The molecule has 1 N–H and O–H groups in total. The molecule has 0 aliphatic carbocycles. The topological polar surface area (TPSA) is 67.9 Å². The fraction of sp³-hybridized carbons (Fsp3) is 0.304. The summed E-state index contributed by atoms with van der Waals surface area (Å²) in [4.78, 5) is 26.1. The van der Waals surface area contributed by atoms with E-state index in [1.165, 1.54) is 14.0 Å².